The van der Waals surface area contributed by atoms with Crippen molar-refractivity contribution in [1.29, 1.82) is 0 Å². The minimum Gasteiger partial charge on any atom is -0.506 e. The number of H-pyrrole nitrogens is 1. The minimum absolute atomic E-state index is 0.0348. The molecule has 0 atom stereocenters. The minimum atomic E-state index is -0.222. The molecule has 0 saturated carbocycles. The third-order valence-electron chi connectivity index (χ3n) is 6.63. The molecule has 0 saturated heterocycles. The van der Waals surface area contributed by atoms with Gasteiger partial charge in [-0.2, -0.15) is 0 Å². The maximum Gasteiger partial charge on any atom is 0.204 e. The quantitative estimate of drug-likeness (QED) is 0.212. The molecule has 0 fully saturated rings. The van der Waals surface area contributed by atoms with Crippen LogP contribution >= 0.6 is 0 Å². The Kier molecular flexibility index (Phi) is 7.59. The van der Waals surface area contributed by atoms with E-state index in [1.54, 1.807) is 6.08 Å². The third kappa shape index (κ3) is 5.21. The summed E-state index contributed by atoms with van der Waals surface area (Å²) in [6.07, 6.45) is 7.85. The van der Waals surface area contributed by atoms with Gasteiger partial charge < -0.3 is 19.6 Å². The number of rotatable bonds is 11. The van der Waals surface area contributed by atoms with E-state index < -0.39 is 0 Å². The summed E-state index contributed by atoms with van der Waals surface area (Å²) >= 11 is 0. The van der Waals surface area contributed by atoms with Crippen LogP contribution in [-0.4, -0.2) is 34.8 Å². The number of allylic oxidation sites excluding steroid dienone is 4. The van der Waals surface area contributed by atoms with E-state index in [1.165, 1.54) is 0 Å². The van der Waals surface area contributed by atoms with Crippen LogP contribution in [0.3, 0.4) is 0 Å². The number of aliphatic hydroxyl groups excluding tert-OH is 1. The molecule has 6 nitrogen and oxygen atoms in total. The number of nitrogens with one attached hydrogen (secondary N) is 1. The molecule has 1 aliphatic carbocycles. The zero-order valence-electron chi connectivity index (χ0n) is 21.8. The van der Waals surface area contributed by atoms with Gasteiger partial charge in [0.05, 0.1) is 41.5 Å². The number of hydrogen-bond donors (Lipinski definition) is 2. The summed E-state index contributed by atoms with van der Waals surface area (Å²) in [5, 5.41) is 10.8. The standard InChI is InChI=1S/C32H32N2O4/c1-3-5-19-37-23-11-7-21(8-12-23)25-15-17-27(33-25)29-31(35)30(32(29)36)28-18-16-26(34-28)22-9-13-24(14-10-22)38-20-6-4-2/h7-18,33,35H,3-6,19-20H2,1-2H3/b30-28-. The van der Waals surface area contributed by atoms with Crippen molar-refractivity contribution in [3.63, 3.8) is 0 Å². The number of ketones is 1. The molecule has 1 aromatic heterocycles. The van der Waals surface area contributed by atoms with Crippen molar-refractivity contribution >= 4 is 17.1 Å². The van der Waals surface area contributed by atoms with Crippen LogP contribution in [0.25, 0.3) is 16.8 Å². The number of benzene rings is 2. The maximum atomic E-state index is 13.1. The van der Waals surface area contributed by atoms with Gasteiger partial charge in [0.25, 0.3) is 0 Å². The van der Waals surface area contributed by atoms with Crippen molar-refractivity contribution in [1.82, 2.24) is 4.98 Å². The number of aromatic amines is 1. The Hall–Kier alpha value is -4.32. The Bertz CT molecular complexity index is 1440. The lowest BCUT2D eigenvalue weighted by atomic mass is 9.85. The zero-order chi connectivity index (χ0) is 26.5. The summed E-state index contributed by atoms with van der Waals surface area (Å²) in [5.41, 5.74) is 5.08. The van der Waals surface area contributed by atoms with Crippen molar-refractivity contribution in [2.45, 2.75) is 39.5 Å². The number of aromatic nitrogens is 1. The first-order valence-corrected chi connectivity index (χ1v) is 13.2. The number of aliphatic imine (C=N–C) groups is 1. The molecule has 0 unspecified atom stereocenters. The van der Waals surface area contributed by atoms with Crippen molar-refractivity contribution in [3.8, 4) is 22.8 Å². The lowest BCUT2D eigenvalue weighted by molar-refractivity contribution is -0.111. The van der Waals surface area contributed by atoms with Gasteiger partial charge in [0, 0.05) is 11.3 Å². The Morgan fingerprint density at radius 1 is 0.737 bits per heavy atom. The number of nitrogens with zero attached hydrogens (tertiary/aromatic N) is 1. The molecule has 2 heterocycles. The number of carbonyl (C=O) groups excluding carboxylic acids is 1. The lowest BCUT2D eigenvalue weighted by Crippen LogP contribution is -2.22. The Labute approximate surface area is 223 Å². The third-order valence-corrected chi connectivity index (χ3v) is 6.63. The monoisotopic (exact) mass is 508 g/mol. The van der Waals surface area contributed by atoms with Gasteiger partial charge in [0.1, 0.15) is 17.3 Å². The smallest absolute Gasteiger partial charge is 0.204 e. The Balaban J connectivity index is 1.30. The maximum absolute atomic E-state index is 13.1. The van der Waals surface area contributed by atoms with Crippen LogP contribution in [0.1, 0.15) is 50.8 Å². The van der Waals surface area contributed by atoms with Crippen LogP contribution in [0.15, 0.2) is 94.8 Å². The average Bonchev–Trinajstić information content (AvgIpc) is 3.61. The molecule has 38 heavy (non-hydrogen) atoms. The summed E-state index contributed by atoms with van der Waals surface area (Å²) in [5.74, 6) is 1.40. The van der Waals surface area contributed by atoms with E-state index >= 15 is 0 Å². The van der Waals surface area contributed by atoms with Crippen LogP contribution in [0.4, 0.5) is 0 Å². The fourth-order valence-corrected chi connectivity index (χ4v) is 4.38. The van der Waals surface area contributed by atoms with Crippen molar-refractivity contribution < 1.29 is 19.4 Å². The van der Waals surface area contributed by atoms with E-state index in [2.05, 4.69) is 23.8 Å². The fourth-order valence-electron chi connectivity index (χ4n) is 4.38. The highest BCUT2D eigenvalue weighted by Gasteiger charge is 2.38. The molecular formula is C32H32N2O4. The number of carbonyl (C=O) groups is 1. The number of unbranched alkanes of at least 4 members (excludes halogenated alkanes) is 2. The summed E-state index contributed by atoms with van der Waals surface area (Å²) in [4.78, 5) is 20.9. The van der Waals surface area contributed by atoms with E-state index in [0.717, 1.165) is 59.7 Å². The number of Topliss-reactive ketones (excluding diaryl/α,β-unsaturated/α-hetero) is 1. The van der Waals surface area contributed by atoms with Gasteiger partial charge in [-0.05, 0) is 91.2 Å². The van der Waals surface area contributed by atoms with E-state index in [0.29, 0.717) is 24.6 Å². The molecule has 0 spiro atoms. The molecule has 0 radical (unpaired) electrons. The van der Waals surface area contributed by atoms with E-state index in [9.17, 15) is 9.90 Å². The highest BCUT2D eigenvalue weighted by atomic mass is 16.5. The zero-order valence-corrected chi connectivity index (χ0v) is 21.8. The van der Waals surface area contributed by atoms with Crippen molar-refractivity contribution in [2.75, 3.05) is 13.2 Å². The molecule has 194 valence electrons. The van der Waals surface area contributed by atoms with Gasteiger partial charge >= 0.3 is 0 Å². The average molecular weight is 509 g/mol. The second kappa shape index (κ2) is 11.4. The second-order valence-corrected chi connectivity index (χ2v) is 9.38. The normalized spacial score (nSPS) is 16.6. The number of hydrogen-bond acceptors (Lipinski definition) is 5. The van der Waals surface area contributed by atoms with Crippen LogP contribution < -0.4 is 9.47 Å². The number of ether oxygens (including phenoxy) is 2. The molecule has 2 aromatic carbocycles. The first-order valence-electron chi connectivity index (χ1n) is 13.2. The molecule has 2 aliphatic rings. The number of aliphatic hydroxyl groups is 1. The molecular weight excluding hydrogens is 476 g/mol. The van der Waals surface area contributed by atoms with E-state index in [4.69, 9.17) is 9.47 Å². The predicted octanol–water partition coefficient (Wildman–Crippen LogP) is 7.20. The predicted molar refractivity (Wildman–Crippen MR) is 151 cm³/mol. The first kappa shape index (κ1) is 25.3. The highest BCUT2D eigenvalue weighted by Crippen LogP contribution is 2.39. The van der Waals surface area contributed by atoms with E-state index in [1.807, 2.05) is 66.7 Å². The van der Waals surface area contributed by atoms with Crippen LogP contribution in [-0.2, 0) is 4.79 Å². The Morgan fingerprint density at radius 3 is 1.89 bits per heavy atom. The topological polar surface area (TPSA) is 83.9 Å². The molecule has 2 N–H and O–H groups in total. The summed E-state index contributed by atoms with van der Waals surface area (Å²) in [7, 11) is 0. The SMILES string of the molecule is CCCCOc1ccc(C2=N/C(=C3\C(=O)C(c4ccc(-c5ccc(OCCCC)cc5)[nH]4)=C3O)C=C2)cc1. The molecule has 5 rings (SSSR count). The van der Waals surface area contributed by atoms with Gasteiger partial charge in [-0.15, -0.1) is 0 Å². The lowest BCUT2D eigenvalue weighted by Gasteiger charge is -2.21. The largest absolute Gasteiger partial charge is 0.506 e. The van der Waals surface area contributed by atoms with E-state index in [-0.39, 0.29) is 22.7 Å². The fraction of sp³-hybridized carbons (Fsp3) is 0.250. The molecule has 1 aliphatic heterocycles. The van der Waals surface area contributed by atoms with Gasteiger partial charge in [-0.25, -0.2) is 4.99 Å². The second-order valence-electron chi connectivity index (χ2n) is 9.38. The van der Waals surface area contributed by atoms with Crippen LogP contribution in [0.5, 0.6) is 11.5 Å². The Morgan fingerprint density at radius 2 is 1.32 bits per heavy atom. The van der Waals surface area contributed by atoms with Crippen LogP contribution in [0, 0.1) is 0 Å². The van der Waals surface area contributed by atoms with Gasteiger partial charge in [0.2, 0.25) is 5.78 Å². The van der Waals surface area contributed by atoms with Crippen LogP contribution in [0.2, 0.25) is 0 Å². The first-order chi connectivity index (χ1) is 18.6. The summed E-state index contributed by atoms with van der Waals surface area (Å²) in [6.45, 7) is 5.67. The molecule has 3 aromatic rings. The highest BCUT2D eigenvalue weighted by molar-refractivity contribution is 6.39. The van der Waals surface area contributed by atoms with Crippen molar-refractivity contribution in [2.24, 2.45) is 4.99 Å². The molecule has 0 amide bonds. The van der Waals surface area contributed by atoms with Gasteiger partial charge in [-0.3, -0.25) is 4.79 Å². The molecule has 0 bridgehead atoms. The molecule has 6 heteroatoms. The van der Waals surface area contributed by atoms with Gasteiger partial charge in [-0.1, -0.05) is 26.7 Å². The van der Waals surface area contributed by atoms with Crippen molar-refractivity contribution in [3.05, 3.63) is 101 Å². The van der Waals surface area contributed by atoms with Gasteiger partial charge in [0.15, 0.2) is 0 Å². The summed E-state index contributed by atoms with van der Waals surface area (Å²) in [6, 6.07) is 19.3. The summed E-state index contributed by atoms with van der Waals surface area (Å²) < 4.78 is 11.5.